The van der Waals surface area contributed by atoms with Crippen molar-refractivity contribution in [3.8, 4) is 0 Å². The maximum absolute atomic E-state index is 6.14. The van der Waals surface area contributed by atoms with Gasteiger partial charge in [-0.1, -0.05) is 26.0 Å². The Kier molecular flexibility index (Phi) is 2.12. The summed E-state index contributed by atoms with van der Waals surface area (Å²) < 4.78 is 6.14. The van der Waals surface area contributed by atoms with Gasteiger partial charge in [-0.2, -0.15) is 0 Å². The average Bonchev–Trinajstić information content (AvgIpc) is 2.94. The van der Waals surface area contributed by atoms with E-state index >= 15 is 0 Å². The molecule has 16 heavy (non-hydrogen) atoms. The third-order valence-corrected chi connectivity index (χ3v) is 5.96. The van der Waals surface area contributed by atoms with Crippen LogP contribution in [-0.2, 0) is 4.74 Å². The maximum Gasteiger partial charge on any atom is 0.100 e. The van der Waals surface area contributed by atoms with E-state index < -0.39 is 0 Å². The van der Waals surface area contributed by atoms with Crippen molar-refractivity contribution in [2.24, 2.45) is 17.3 Å². The van der Waals surface area contributed by atoms with Crippen molar-refractivity contribution < 1.29 is 4.74 Å². The van der Waals surface area contributed by atoms with E-state index in [9.17, 15) is 0 Å². The van der Waals surface area contributed by atoms with Gasteiger partial charge in [0.2, 0.25) is 0 Å². The highest BCUT2D eigenvalue weighted by molar-refractivity contribution is 5.21. The first-order valence-corrected chi connectivity index (χ1v) is 6.83. The van der Waals surface area contributed by atoms with Crippen LogP contribution in [0.1, 0.15) is 52.9 Å². The predicted molar refractivity (Wildman–Crippen MR) is 66.3 cm³/mol. The second-order valence-electron chi connectivity index (χ2n) is 6.68. The number of rotatable bonds is 1. The van der Waals surface area contributed by atoms with Crippen LogP contribution in [0.4, 0.5) is 0 Å². The smallest absolute Gasteiger partial charge is 0.100 e. The molecule has 0 aromatic rings. The van der Waals surface area contributed by atoms with Crippen LogP contribution in [0.5, 0.6) is 0 Å². The number of hydrogen-bond donors (Lipinski definition) is 0. The highest BCUT2D eigenvalue weighted by Gasteiger charge is 2.71. The summed E-state index contributed by atoms with van der Waals surface area (Å²) in [6.07, 6.45) is 7.13. The minimum absolute atomic E-state index is 0.274. The van der Waals surface area contributed by atoms with Crippen LogP contribution in [-0.4, -0.2) is 11.7 Å². The molecule has 0 aromatic carbocycles. The highest BCUT2D eigenvalue weighted by atomic mass is 16.6. The Labute approximate surface area is 99.3 Å². The van der Waals surface area contributed by atoms with E-state index in [0.29, 0.717) is 11.5 Å². The van der Waals surface area contributed by atoms with E-state index in [4.69, 9.17) is 4.74 Å². The first-order chi connectivity index (χ1) is 7.49. The van der Waals surface area contributed by atoms with Gasteiger partial charge in [-0.3, -0.25) is 0 Å². The van der Waals surface area contributed by atoms with Gasteiger partial charge < -0.3 is 4.74 Å². The Morgan fingerprint density at radius 3 is 2.75 bits per heavy atom. The average molecular weight is 220 g/mol. The molecule has 1 saturated heterocycles. The van der Waals surface area contributed by atoms with Crippen LogP contribution in [0.25, 0.3) is 0 Å². The summed E-state index contributed by atoms with van der Waals surface area (Å²) in [5.41, 5.74) is 2.07. The molecule has 5 atom stereocenters. The molecule has 1 aliphatic heterocycles. The molecule has 1 heteroatoms. The molecule has 2 aliphatic carbocycles. The van der Waals surface area contributed by atoms with E-state index in [1.54, 1.807) is 0 Å². The molecule has 3 fully saturated rings. The summed E-state index contributed by atoms with van der Waals surface area (Å²) in [4.78, 5) is 0. The molecule has 3 rings (SSSR count). The lowest BCUT2D eigenvalue weighted by atomic mass is 9.53. The summed E-state index contributed by atoms with van der Waals surface area (Å²) in [5.74, 6) is 1.55. The first-order valence-electron chi connectivity index (χ1n) is 6.83. The SMILES string of the molecule is C=C(C)[C@@H]1CCC23O[C@@H]2CC[C@@H](C)[C@]3(C)C1. The zero-order chi connectivity index (χ0) is 11.6. The third kappa shape index (κ3) is 1.16. The van der Waals surface area contributed by atoms with Crippen molar-refractivity contribution in [1.29, 1.82) is 0 Å². The fraction of sp³-hybridized carbons (Fsp3) is 0.867. The molecule has 2 saturated carbocycles. The van der Waals surface area contributed by atoms with Gasteiger partial charge in [-0.15, -0.1) is 0 Å². The van der Waals surface area contributed by atoms with Crippen LogP contribution in [0, 0.1) is 17.3 Å². The van der Waals surface area contributed by atoms with E-state index in [-0.39, 0.29) is 5.60 Å². The summed E-state index contributed by atoms with van der Waals surface area (Å²) in [7, 11) is 0. The molecule has 0 bridgehead atoms. The maximum atomic E-state index is 6.14. The topological polar surface area (TPSA) is 12.5 Å². The Bertz CT molecular complexity index is 334. The van der Waals surface area contributed by atoms with Crippen molar-refractivity contribution >= 4 is 0 Å². The largest absolute Gasteiger partial charge is 0.365 e. The number of allylic oxidation sites excluding steroid dienone is 1. The summed E-state index contributed by atoms with van der Waals surface area (Å²) in [6, 6.07) is 0. The second-order valence-corrected chi connectivity index (χ2v) is 6.68. The van der Waals surface area contributed by atoms with E-state index in [1.165, 1.54) is 37.7 Å². The minimum atomic E-state index is 0.274. The zero-order valence-electron chi connectivity index (χ0n) is 10.9. The van der Waals surface area contributed by atoms with Crippen molar-refractivity contribution in [1.82, 2.24) is 0 Å². The molecule has 3 aliphatic rings. The number of ether oxygens (including phenoxy) is 1. The van der Waals surface area contributed by atoms with Crippen LogP contribution >= 0.6 is 0 Å². The standard InChI is InChI=1S/C15H24O/c1-10(2)12-7-8-15-13(16-15)6-5-11(3)14(15,4)9-12/h11-13H,1,5-9H2,2-4H3/t11-,12-,13-,14+,15?/m1/s1. The minimum Gasteiger partial charge on any atom is -0.365 e. The van der Waals surface area contributed by atoms with Gasteiger partial charge in [0, 0.05) is 5.41 Å². The van der Waals surface area contributed by atoms with Crippen molar-refractivity contribution in [2.75, 3.05) is 0 Å². The lowest BCUT2D eigenvalue weighted by Gasteiger charge is -2.50. The molecule has 0 radical (unpaired) electrons. The van der Waals surface area contributed by atoms with Gasteiger partial charge in [0.15, 0.2) is 0 Å². The Morgan fingerprint density at radius 1 is 1.31 bits per heavy atom. The van der Waals surface area contributed by atoms with Gasteiger partial charge in [0.25, 0.3) is 0 Å². The molecular formula is C15H24O. The molecule has 1 nitrogen and oxygen atoms in total. The Hall–Kier alpha value is -0.300. The van der Waals surface area contributed by atoms with E-state index in [1.807, 2.05) is 0 Å². The van der Waals surface area contributed by atoms with Crippen LogP contribution in [0.2, 0.25) is 0 Å². The number of hydrogen-bond acceptors (Lipinski definition) is 1. The monoisotopic (exact) mass is 220 g/mol. The van der Waals surface area contributed by atoms with Gasteiger partial charge in [-0.25, -0.2) is 0 Å². The molecule has 0 amide bonds. The van der Waals surface area contributed by atoms with Crippen molar-refractivity contribution in [3.63, 3.8) is 0 Å². The lowest BCUT2D eigenvalue weighted by molar-refractivity contribution is -0.00642. The van der Waals surface area contributed by atoms with Crippen LogP contribution in [0.3, 0.4) is 0 Å². The van der Waals surface area contributed by atoms with Gasteiger partial charge in [0.1, 0.15) is 5.60 Å². The summed E-state index contributed by atoms with van der Waals surface area (Å²) in [5, 5.41) is 0. The van der Waals surface area contributed by atoms with Crippen molar-refractivity contribution in [3.05, 3.63) is 12.2 Å². The second kappa shape index (κ2) is 3.13. The first kappa shape index (κ1) is 10.8. The van der Waals surface area contributed by atoms with Gasteiger partial charge in [-0.05, 0) is 50.9 Å². The van der Waals surface area contributed by atoms with Crippen LogP contribution < -0.4 is 0 Å². The normalized spacial score (nSPS) is 55.1. The van der Waals surface area contributed by atoms with Gasteiger partial charge >= 0.3 is 0 Å². The van der Waals surface area contributed by atoms with E-state index in [2.05, 4.69) is 27.4 Å². The van der Waals surface area contributed by atoms with Crippen LogP contribution in [0.15, 0.2) is 12.2 Å². The molecule has 0 aromatic heterocycles. The Balaban J connectivity index is 1.90. The van der Waals surface area contributed by atoms with Crippen molar-refractivity contribution in [2.45, 2.75) is 64.6 Å². The molecule has 0 N–H and O–H groups in total. The fourth-order valence-electron chi connectivity index (χ4n) is 4.45. The third-order valence-electron chi connectivity index (χ3n) is 5.96. The number of epoxide rings is 1. The molecule has 1 heterocycles. The highest BCUT2D eigenvalue weighted by Crippen LogP contribution is 2.67. The zero-order valence-corrected chi connectivity index (χ0v) is 10.9. The quantitative estimate of drug-likeness (QED) is 0.482. The fourth-order valence-corrected chi connectivity index (χ4v) is 4.45. The molecule has 1 unspecified atom stereocenters. The molecular weight excluding hydrogens is 196 g/mol. The predicted octanol–water partition coefficient (Wildman–Crippen LogP) is 3.94. The summed E-state index contributed by atoms with van der Waals surface area (Å²) >= 11 is 0. The van der Waals surface area contributed by atoms with E-state index in [0.717, 1.165) is 11.8 Å². The summed E-state index contributed by atoms with van der Waals surface area (Å²) in [6.45, 7) is 11.3. The molecule has 1 spiro atoms. The lowest BCUT2D eigenvalue weighted by Crippen LogP contribution is -2.50. The molecule has 90 valence electrons. The van der Waals surface area contributed by atoms with Gasteiger partial charge in [0.05, 0.1) is 6.10 Å². The Morgan fingerprint density at radius 2 is 2.06 bits per heavy atom.